The van der Waals surface area contributed by atoms with E-state index in [0.717, 1.165) is 12.8 Å². The van der Waals surface area contributed by atoms with Crippen molar-refractivity contribution in [2.24, 2.45) is 0 Å². The third kappa shape index (κ3) is 1.82. The Morgan fingerprint density at radius 1 is 1.64 bits per heavy atom. The molecule has 0 aromatic carbocycles. The lowest BCUT2D eigenvalue weighted by molar-refractivity contribution is 0.0493. The van der Waals surface area contributed by atoms with Gasteiger partial charge in [0.1, 0.15) is 0 Å². The first kappa shape index (κ1) is 9.70. The number of hydrogen-bond donors (Lipinski definition) is 0. The molecule has 0 amide bonds. The summed E-state index contributed by atoms with van der Waals surface area (Å²) in [4.78, 5) is 1.34. The van der Waals surface area contributed by atoms with Crippen LogP contribution in [0.15, 0.2) is 11.4 Å². The van der Waals surface area contributed by atoms with Crippen molar-refractivity contribution >= 4 is 11.3 Å². The van der Waals surface area contributed by atoms with E-state index < -0.39 is 0 Å². The van der Waals surface area contributed by atoms with Crippen LogP contribution in [0.3, 0.4) is 0 Å². The second kappa shape index (κ2) is 4.12. The lowest BCUT2D eigenvalue weighted by atomic mass is 10.1. The van der Waals surface area contributed by atoms with E-state index in [1.54, 1.807) is 11.3 Å². The van der Waals surface area contributed by atoms with Crippen molar-refractivity contribution in [3.05, 3.63) is 21.9 Å². The number of nitriles is 1. The van der Waals surface area contributed by atoms with Gasteiger partial charge in [0.25, 0.3) is 0 Å². The van der Waals surface area contributed by atoms with Gasteiger partial charge in [-0.2, -0.15) is 5.26 Å². The Morgan fingerprint density at radius 2 is 2.50 bits per heavy atom. The number of nitrogens with zero attached hydrogens (tertiary/aromatic N) is 1. The van der Waals surface area contributed by atoms with E-state index in [4.69, 9.17) is 10.00 Å². The average Bonchev–Trinajstić information content (AvgIpc) is 2.74. The molecule has 1 aromatic rings. The number of aryl methyl sites for hydroxylation is 1. The van der Waals surface area contributed by atoms with E-state index in [1.165, 1.54) is 10.4 Å². The molecule has 1 aliphatic rings. The van der Waals surface area contributed by atoms with Crippen molar-refractivity contribution in [1.82, 2.24) is 0 Å². The highest BCUT2D eigenvalue weighted by molar-refractivity contribution is 7.10. The van der Waals surface area contributed by atoms with Crippen LogP contribution in [-0.4, -0.2) is 6.10 Å². The summed E-state index contributed by atoms with van der Waals surface area (Å²) >= 11 is 1.76. The summed E-state index contributed by atoms with van der Waals surface area (Å²) in [5.74, 6) is 0. The van der Waals surface area contributed by atoms with E-state index in [-0.39, 0.29) is 12.2 Å². The van der Waals surface area contributed by atoms with Gasteiger partial charge < -0.3 is 4.74 Å². The Balaban J connectivity index is 2.03. The fourth-order valence-electron chi connectivity index (χ4n) is 1.86. The molecule has 14 heavy (non-hydrogen) atoms. The summed E-state index contributed by atoms with van der Waals surface area (Å²) in [5, 5.41) is 10.7. The summed E-state index contributed by atoms with van der Waals surface area (Å²) in [7, 11) is 0. The van der Waals surface area contributed by atoms with E-state index in [2.05, 4.69) is 24.4 Å². The zero-order valence-electron chi connectivity index (χ0n) is 8.19. The molecule has 0 bridgehead atoms. The summed E-state index contributed by atoms with van der Waals surface area (Å²) in [5.41, 5.74) is 1.32. The van der Waals surface area contributed by atoms with Gasteiger partial charge in [-0.1, -0.05) is 0 Å². The first-order chi connectivity index (χ1) is 6.81. The van der Waals surface area contributed by atoms with Crippen LogP contribution >= 0.6 is 11.3 Å². The van der Waals surface area contributed by atoms with Crippen molar-refractivity contribution in [3.63, 3.8) is 0 Å². The molecule has 0 radical (unpaired) electrons. The molecule has 2 atom stereocenters. The highest BCUT2D eigenvalue weighted by Gasteiger charge is 2.27. The molecule has 0 spiro atoms. The summed E-state index contributed by atoms with van der Waals surface area (Å²) in [6.07, 6.45) is 3.02. The van der Waals surface area contributed by atoms with E-state index in [0.29, 0.717) is 6.42 Å². The number of rotatable bonds is 2. The van der Waals surface area contributed by atoms with Crippen molar-refractivity contribution in [3.8, 4) is 6.07 Å². The molecule has 2 heterocycles. The standard InChI is InChI=1S/C11H13NOS/c1-8-5-7-14-11(8)10-3-2-9(13-10)4-6-12/h5,7,9-10H,2-4H2,1H3. The minimum absolute atomic E-state index is 0.159. The van der Waals surface area contributed by atoms with Crippen LogP contribution in [0.25, 0.3) is 0 Å². The fraction of sp³-hybridized carbons (Fsp3) is 0.545. The first-order valence-electron chi connectivity index (χ1n) is 4.87. The fourth-order valence-corrected chi connectivity index (χ4v) is 2.86. The van der Waals surface area contributed by atoms with Crippen LogP contribution in [-0.2, 0) is 4.74 Å². The molecule has 74 valence electrons. The Kier molecular flexibility index (Phi) is 2.85. The molecule has 1 aromatic heterocycles. The Bertz CT molecular complexity index is 352. The highest BCUT2D eigenvalue weighted by atomic mass is 32.1. The monoisotopic (exact) mass is 207 g/mol. The molecule has 0 aliphatic carbocycles. The van der Waals surface area contributed by atoms with Crippen LogP contribution in [0.1, 0.15) is 35.8 Å². The maximum absolute atomic E-state index is 8.57. The van der Waals surface area contributed by atoms with Crippen molar-refractivity contribution < 1.29 is 4.74 Å². The minimum Gasteiger partial charge on any atom is -0.368 e. The number of hydrogen-bond acceptors (Lipinski definition) is 3. The van der Waals surface area contributed by atoms with E-state index >= 15 is 0 Å². The van der Waals surface area contributed by atoms with Gasteiger partial charge in [-0.15, -0.1) is 11.3 Å². The molecule has 0 saturated carbocycles. The van der Waals surface area contributed by atoms with Crippen LogP contribution < -0.4 is 0 Å². The predicted molar refractivity (Wildman–Crippen MR) is 56.1 cm³/mol. The van der Waals surface area contributed by atoms with Crippen LogP contribution in [0.5, 0.6) is 0 Å². The normalized spacial score (nSPS) is 26.3. The quantitative estimate of drug-likeness (QED) is 0.746. The lowest BCUT2D eigenvalue weighted by Gasteiger charge is -2.10. The number of ether oxygens (including phenoxy) is 1. The van der Waals surface area contributed by atoms with Crippen LogP contribution in [0.4, 0.5) is 0 Å². The van der Waals surface area contributed by atoms with Gasteiger partial charge in [-0.05, 0) is 36.8 Å². The topological polar surface area (TPSA) is 33.0 Å². The SMILES string of the molecule is Cc1ccsc1C1CCC(CC#N)O1. The summed E-state index contributed by atoms with van der Waals surface area (Å²) in [6.45, 7) is 2.12. The summed E-state index contributed by atoms with van der Waals surface area (Å²) in [6, 6.07) is 4.29. The molecule has 2 nitrogen and oxygen atoms in total. The predicted octanol–water partition coefficient (Wildman–Crippen LogP) is 3.19. The van der Waals surface area contributed by atoms with Gasteiger partial charge in [0.2, 0.25) is 0 Å². The molecule has 3 heteroatoms. The molecular weight excluding hydrogens is 194 g/mol. The summed E-state index contributed by atoms with van der Waals surface area (Å²) < 4.78 is 5.81. The third-order valence-electron chi connectivity index (χ3n) is 2.62. The van der Waals surface area contributed by atoms with Crippen molar-refractivity contribution in [2.75, 3.05) is 0 Å². The van der Waals surface area contributed by atoms with Gasteiger partial charge in [-0.3, -0.25) is 0 Å². The van der Waals surface area contributed by atoms with Gasteiger partial charge in [-0.25, -0.2) is 0 Å². The molecule has 2 rings (SSSR count). The van der Waals surface area contributed by atoms with Crippen molar-refractivity contribution in [1.29, 1.82) is 5.26 Å². The zero-order valence-corrected chi connectivity index (χ0v) is 9.01. The number of thiophene rings is 1. The minimum atomic E-state index is 0.159. The third-order valence-corrected chi connectivity index (χ3v) is 3.73. The van der Waals surface area contributed by atoms with Gasteiger partial charge in [0.05, 0.1) is 24.7 Å². The molecule has 0 N–H and O–H groups in total. The maximum Gasteiger partial charge on any atom is 0.0924 e. The highest BCUT2D eigenvalue weighted by Crippen LogP contribution is 2.37. The van der Waals surface area contributed by atoms with Gasteiger partial charge in [0, 0.05) is 4.88 Å². The largest absolute Gasteiger partial charge is 0.368 e. The lowest BCUT2D eigenvalue weighted by Crippen LogP contribution is -2.04. The Morgan fingerprint density at radius 3 is 3.14 bits per heavy atom. The molecule has 1 fully saturated rings. The molecule has 2 unspecified atom stereocenters. The average molecular weight is 207 g/mol. The molecule has 1 saturated heterocycles. The second-order valence-corrected chi connectivity index (χ2v) is 4.60. The smallest absolute Gasteiger partial charge is 0.0924 e. The molecule has 1 aliphatic heterocycles. The second-order valence-electron chi connectivity index (χ2n) is 3.65. The Hall–Kier alpha value is -0.850. The maximum atomic E-state index is 8.57. The van der Waals surface area contributed by atoms with Gasteiger partial charge in [0.15, 0.2) is 0 Å². The first-order valence-corrected chi connectivity index (χ1v) is 5.75. The van der Waals surface area contributed by atoms with Gasteiger partial charge >= 0.3 is 0 Å². The van der Waals surface area contributed by atoms with Crippen molar-refractivity contribution in [2.45, 2.75) is 38.4 Å². The van der Waals surface area contributed by atoms with Crippen LogP contribution in [0, 0.1) is 18.3 Å². The zero-order chi connectivity index (χ0) is 9.97. The molecular formula is C11H13NOS. The Labute approximate surface area is 88.1 Å². The van der Waals surface area contributed by atoms with E-state index in [1.807, 2.05) is 0 Å². The van der Waals surface area contributed by atoms with E-state index in [9.17, 15) is 0 Å². The van der Waals surface area contributed by atoms with Crippen LogP contribution in [0.2, 0.25) is 0 Å².